The van der Waals surface area contributed by atoms with Crippen molar-refractivity contribution in [3.8, 4) is 22.7 Å². The molecule has 3 aromatic carbocycles. The Morgan fingerprint density at radius 2 is 1.59 bits per heavy atom. The highest BCUT2D eigenvalue weighted by Gasteiger charge is 2.21. The number of carbonyl (C=O) groups excluding carboxylic acids is 2. The number of halogens is 2. The van der Waals surface area contributed by atoms with Crippen LogP contribution in [-0.4, -0.2) is 27.7 Å². The van der Waals surface area contributed by atoms with Crippen LogP contribution in [0.25, 0.3) is 16.9 Å². The molecule has 2 N–H and O–H groups in total. The number of hydrazine groups is 1. The molecule has 0 saturated heterocycles. The van der Waals surface area contributed by atoms with E-state index < -0.39 is 29.6 Å². The minimum atomic E-state index is -1.10. The maximum atomic E-state index is 13.4. The first kappa shape index (κ1) is 22.7. The molecule has 4 aromatic rings. The topological polar surface area (TPSA) is 85.3 Å². The summed E-state index contributed by atoms with van der Waals surface area (Å²) in [5.41, 5.74) is 6.80. The smallest absolute Gasteiger partial charge is 0.279 e. The number of nitrogens with one attached hydrogen (secondary N) is 2. The van der Waals surface area contributed by atoms with Crippen molar-refractivity contribution in [1.29, 1.82) is 0 Å². The molecule has 172 valence electrons. The van der Waals surface area contributed by atoms with Gasteiger partial charge in [0.2, 0.25) is 0 Å². The largest absolute Gasteiger partial charge is 0.481 e. The molecule has 0 saturated carbocycles. The van der Waals surface area contributed by atoms with Crippen molar-refractivity contribution in [2.45, 2.75) is 13.0 Å². The van der Waals surface area contributed by atoms with E-state index in [9.17, 15) is 18.4 Å². The second-order valence-electron chi connectivity index (χ2n) is 7.32. The maximum absolute atomic E-state index is 13.4. The summed E-state index contributed by atoms with van der Waals surface area (Å²) in [5, 5.41) is 4.56. The van der Waals surface area contributed by atoms with Crippen LogP contribution >= 0.6 is 0 Å². The van der Waals surface area contributed by atoms with Gasteiger partial charge >= 0.3 is 0 Å². The van der Waals surface area contributed by atoms with Gasteiger partial charge in [-0.25, -0.2) is 13.5 Å². The number of amides is 2. The maximum Gasteiger partial charge on any atom is 0.279 e. The quantitative estimate of drug-likeness (QED) is 0.424. The monoisotopic (exact) mass is 462 g/mol. The lowest BCUT2D eigenvalue weighted by Gasteiger charge is -2.15. The van der Waals surface area contributed by atoms with E-state index in [0.717, 1.165) is 23.4 Å². The van der Waals surface area contributed by atoms with Crippen LogP contribution in [0.15, 0.2) is 85.1 Å². The molecule has 9 heteroatoms. The van der Waals surface area contributed by atoms with Crippen molar-refractivity contribution in [3.63, 3.8) is 0 Å². The van der Waals surface area contributed by atoms with Crippen molar-refractivity contribution < 1.29 is 23.1 Å². The average molecular weight is 462 g/mol. The summed E-state index contributed by atoms with van der Waals surface area (Å²) in [7, 11) is 0. The van der Waals surface area contributed by atoms with E-state index in [-0.39, 0.29) is 11.3 Å². The number of aromatic nitrogens is 2. The van der Waals surface area contributed by atoms with Crippen LogP contribution in [0, 0.1) is 11.6 Å². The third-order valence-corrected chi connectivity index (χ3v) is 4.90. The number of para-hydroxylation sites is 1. The second kappa shape index (κ2) is 9.95. The molecular formula is C25H20F2N4O3. The third-order valence-electron chi connectivity index (χ3n) is 4.90. The van der Waals surface area contributed by atoms with Gasteiger partial charge in [-0.15, -0.1) is 0 Å². The summed E-state index contributed by atoms with van der Waals surface area (Å²) in [4.78, 5) is 25.3. The number of rotatable bonds is 6. The molecule has 0 spiro atoms. The Kier molecular flexibility index (Phi) is 6.63. The zero-order valence-electron chi connectivity index (χ0n) is 18.0. The first-order valence-electron chi connectivity index (χ1n) is 10.3. The fourth-order valence-corrected chi connectivity index (χ4v) is 3.16. The predicted molar refractivity (Wildman–Crippen MR) is 121 cm³/mol. The van der Waals surface area contributed by atoms with Crippen LogP contribution in [0.5, 0.6) is 5.75 Å². The van der Waals surface area contributed by atoms with Gasteiger partial charge in [0.25, 0.3) is 11.8 Å². The lowest BCUT2D eigenvalue weighted by Crippen LogP contribution is -2.47. The van der Waals surface area contributed by atoms with Crippen molar-refractivity contribution in [2.75, 3.05) is 0 Å². The molecule has 34 heavy (non-hydrogen) atoms. The summed E-state index contributed by atoms with van der Waals surface area (Å²) >= 11 is 0. The third kappa shape index (κ3) is 5.09. The highest BCUT2D eigenvalue weighted by Crippen LogP contribution is 2.23. The fraction of sp³-hybridized carbons (Fsp3) is 0.0800. The molecule has 0 aliphatic heterocycles. The Labute approximate surface area is 194 Å². The first-order valence-corrected chi connectivity index (χ1v) is 10.3. The molecule has 0 aliphatic carbocycles. The molecule has 1 aromatic heterocycles. The van der Waals surface area contributed by atoms with Crippen molar-refractivity contribution in [2.24, 2.45) is 0 Å². The predicted octanol–water partition coefficient (Wildman–Crippen LogP) is 4.05. The zero-order chi connectivity index (χ0) is 24.1. The van der Waals surface area contributed by atoms with Gasteiger partial charge in [0.15, 0.2) is 17.7 Å². The minimum absolute atomic E-state index is 0.0247. The Balaban J connectivity index is 1.49. The van der Waals surface area contributed by atoms with Crippen LogP contribution in [-0.2, 0) is 4.79 Å². The van der Waals surface area contributed by atoms with E-state index in [1.165, 1.54) is 13.0 Å². The first-order chi connectivity index (χ1) is 16.4. The number of nitrogens with zero attached hydrogens (tertiary/aromatic N) is 2. The number of hydrogen-bond donors (Lipinski definition) is 2. The SMILES string of the molecule is CC(Oc1ccc(F)c(F)c1)C(=O)NNC(=O)c1cn(-c2ccccc2)nc1-c1ccccc1. The highest BCUT2D eigenvalue weighted by atomic mass is 19.2. The van der Waals surface area contributed by atoms with Crippen molar-refractivity contribution >= 4 is 11.8 Å². The van der Waals surface area contributed by atoms with E-state index in [1.54, 1.807) is 10.9 Å². The molecule has 0 radical (unpaired) electrons. The fourth-order valence-electron chi connectivity index (χ4n) is 3.16. The summed E-state index contributed by atoms with van der Waals surface area (Å²) in [6.07, 6.45) is 0.478. The van der Waals surface area contributed by atoms with Gasteiger partial charge in [0, 0.05) is 17.8 Å². The van der Waals surface area contributed by atoms with Crippen LogP contribution in [0.3, 0.4) is 0 Å². The molecule has 0 aliphatic rings. The molecule has 0 fully saturated rings. The van der Waals surface area contributed by atoms with Gasteiger partial charge in [-0.1, -0.05) is 48.5 Å². The Hall–Kier alpha value is -4.53. The summed E-state index contributed by atoms with van der Waals surface area (Å²) in [6.45, 7) is 1.41. The Bertz CT molecular complexity index is 1310. The molecule has 1 heterocycles. The minimum Gasteiger partial charge on any atom is -0.481 e. The number of benzene rings is 3. The number of hydrogen-bond acceptors (Lipinski definition) is 4. The standard InChI is InChI=1S/C25H20F2N4O3/c1-16(34-19-12-13-21(26)22(27)14-19)24(32)28-29-25(33)20-15-31(18-10-6-3-7-11-18)30-23(20)17-8-4-2-5-9-17/h2-16H,1H3,(H,28,32)(H,29,33). The van der Waals surface area contributed by atoms with Crippen molar-refractivity contribution in [3.05, 3.63) is 102 Å². The van der Waals surface area contributed by atoms with Crippen LogP contribution < -0.4 is 15.6 Å². The summed E-state index contributed by atoms with van der Waals surface area (Å²) in [5.74, 6) is -3.42. The van der Waals surface area contributed by atoms with Gasteiger partial charge in [-0.05, 0) is 31.2 Å². The van der Waals surface area contributed by atoms with Crippen LogP contribution in [0.2, 0.25) is 0 Å². The molecule has 4 rings (SSSR count). The molecular weight excluding hydrogens is 442 g/mol. The number of ether oxygens (including phenoxy) is 1. The molecule has 7 nitrogen and oxygen atoms in total. The second-order valence-corrected chi connectivity index (χ2v) is 7.32. The van der Waals surface area contributed by atoms with E-state index in [1.807, 2.05) is 60.7 Å². The lowest BCUT2D eigenvalue weighted by molar-refractivity contribution is -0.128. The Morgan fingerprint density at radius 3 is 2.26 bits per heavy atom. The van der Waals surface area contributed by atoms with Gasteiger partial charge < -0.3 is 4.74 Å². The summed E-state index contributed by atoms with van der Waals surface area (Å²) in [6, 6.07) is 21.4. The summed E-state index contributed by atoms with van der Waals surface area (Å²) < 4.78 is 33.3. The van der Waals surface area contributed by atoms with Gasteiger partial charge in [-0.3, -0.25) is 20.4 Å². The average Bonchev–Trinajstić information content (AvgIpc) is 3.31. The van der Waals surface area contributed by atoms with E-state index in [2.05, 4.69) is 16.0 Å². The van der Waals surface area contributed by atoms with Crippen LogP contribution in [0.4, 0.5) is 8.78 Å². The van der Waals surface area contributed by atoms with Gasteiger partial charge in [0.05, 0.1) is 11.3 Å². The molecule has 2 amide bonds. The van der Waals surface area contributed by atoms with E-state index in [0.29, 0.717) is 5.69 Å². The zero-order valence-corrected chi connectivity index (χ0v) is 18.0. The number of carbonyl (C=O) groups is 2. The highest BCUT2D eigenvalue weighted by molar-refractivity contribution is 6.00. The van der Waals surface area contributed by atoms with Crippen molar-refractivity contribution in [1.82, 2.24) is 20.6 Å². The molecule has 0 bridgehead atoms. The van der Waals surface area contributed by atoms with Gasteiger partial charge in [-0.2, -0.15) is 5.10 Å². The van der Waals surface area contributed by atoms with Gasteiger partial charge in [0.1, 0.15) is 11.4 Å². The van der Waals surface area contributed by atoms with Crippen LogP contribution in [0.1, 0.15) is 17.3 Å². The van der Waals surface area contributed by atoms with E-state index in [4.69, 9.17) is 4.74 Å². The normalized spacial score (nSPS) is 11.5. The molecule has 1 unspecified atom stereocenters. The lowest BCUT2D eigenvalue weighted by atomic mass is 10.1. The Morgan fingerprint density at radius 1 is 0.912 bits per heavy atom. The van der Waals surface area contributed by atoms with E-state index >= 15 is 0 Å². The molecule has 1 atom stereocenters.